The summed E-state index contributed by atoms with van der Waals surface area (Å²) >= 11 is 0. The molecule has 0 amide bonds. The second kappa shape index (κ2) is 5.49. The van der Waals surface area contributed by atoms with Crippen molar-refractivity contribution in [3.05, 3.63) is 30.2 Å². The van der Waals surface area contributed by atoms with Gasteiger partial charge in [-0.3, -0.25) is 0 Å². The molecule has 1 aromatic heterocycles. The lowest BCUT2D eigenvalue weighted by molar-refractivity contribution is -0.115. The molecule has 2 nitrogen and oxygen atoms in total. The second-order valence-electron chi connectivity index (χ2n) is 9.87. The summed E-state index contributed by atoms with van der Waals surface area (Å²) in [6.07, 6.45) is 14.2. The van der Waals surface area contributed by atoms with Crippen LogP contribution in [0.3, 0.4) is 0 Å². The first kappa shape index (κ1) is 16.2. The number of furan rings is 1. The number of hydrogen-bond acceptors (Lipinski definition) is 2. The van der Waals surface area contributed by atoms with Gasteiger partial charge in [0.2, 0.25) is 0 Å². The molecular formula is C23H32O2. The molecule has 0 saturated heterocycles. The van der Waals surface area contributed by atoms with E-state index in [1.54, 1.807) is 0 Å². The fourth-order valence-corrected chi connectivity index (χ4v) is 7.62. The van der Waals surface area contributed by atoms with E-state index in [0.29, 0.717) is 10.8 Å². The number of hydrogen-bond donors (Lipinski definition) is 1. The first-order chi connectivity index (χ1) is 12.0. The molecule has 0 aliphatic heterocycles. The van der Waals surface area contributed by atoms with Gasteiger partial charge < -0.3 is 9.52 Å². The summed E-state index contributed by atoms with van der Waals surface area (Å²) in [4.78, 5) is 0. The van der Waals surface area contributed by atoms with Gasteiger partial charge in [0.25, 0.3) is 0 Å². The summed E-state index contributed by atoms with van der Waals surface area (Å²) in [6.45, 7) is 5.08. The van der Waals surface area contributed by atoms with Crippen molar-refractivity contribution in [2.75, 3.05) is 0 Å². The molecule has 1 N–H and O–H groups in total. The Kier molecular flexibility index (Phi) is 3.55. The van der Waals surface area contributed by atoms with Gasteiger partial charge in [-0.15, -0.1) is 0 Å². The fourth-order valence-electron chi connectivity index (χ4n) is 7.62. The summed E-state index contributed by atoms with van der Waals surface area (Å²) in [5.41, 5.74) is 2.25. The van der Waals surface area contributed by atoms with Gasteiger partial charge in [-0.2, -0.15) is 0 Å². The molecule has 136 valence electrons. The zero-order chi connectivity index (χ0) is 17.2. The minimum atomic E-state index is -0.0396. The molecule has 0 bridgehead atoms. The monoisotopic (exact) mass is 340 g/mol. The molecule has 5 rings (SSSR count). The Balaban J connectivity index is 1.44. The number of aliphatic hydroxyl groups excluding tert-OH is 1. The van der Waals surface area contributed by atoms with E-state index in [1.165, 1.54) is 44.1 Å². The van der Waals surface area contributed by atoms with E-state index in [0.717, 1.165) is 42.3 Å². The third-order valence-corrected chi connectivity index (χ3v) is 9.01. The topological polar surface area (TPSA) is 33.4 Å². The third kappa shape index (κ3) is 2.19. The Morgan fingerprint density at radius 1 is 1.08 bits per heavy atom. The van der Waals surface area contributed by atoms with Gasteiger partial charge in [-0.1, -0.05) is 19.9 Å². The molecule has 3 saturated carbocycles. The van der Waals surface area contributed by atoms with Gasteiger partial charge in [-0.25, -0.2) is 0 Å². The highest BCUT2D eigenvalue weighted by molar-refractivity contribution is 5.69. The lowest BCUT2D eigenvalue weighted by Gasteiger charge is -2.60. The fraction of sp³-hybridized carbons (Fsp3) is 0.739. The first-order valence-corrected chi connectivity index (χ1v) is 10.4. The molecule has 0 spiro atoms. The minimum Gasteiger partial charge on any atom is -0.465 e. The van der Waals surface area contributed by atoms with Crippen molar-refractivity contribution < 1.29 is 9.52 Å². The predicted molar refractivity (Wildman–Crippen MR) is 99.8 cm³/mol. The molecule has 4 aliphatic carbocycles. The van der Waals surface area contributed by atoms with E-state index >= 15 is 0 Å². The Labute approximate surface area is 151 Å². The molecule has 2 heteroatoms. The number of rotatable bonds is 1. The van der Waals surface area contributed by atoms with E-state index in [-0.39, 0.29) is 6.10 Å². The number of allylic oxidation sites excluding steroid dienone is 2. The van der Waals surface area contributed by atoms with Gasteiger partial charge in [0.1, 0.15) is 5.76 Å². The van der Waals surface area contributed by atoms with Crippen LogP contribution >= 0.6 is 0 Å². The van der Waals surface area contributed by atoms with Crippen LogP contribution in [0.25, 0.3) is 5.57 Å². The van der Waals surface area contributed by atoms with E-state index in [9.17, 15) is 5.11 Å². The van der Waals surface area contributed by atoms with Gasteiger partial charge in [0, 0.05) is 0 Å². The van der Waals surface area contributed by atoms with Crippen LogP contribution in [0.2, 0.25) is 0 Å². The normalized spacial score (nSPS) is 49.1. The van der Waals surface area contributed by atoms with Gasteiger partial charge in [0.15, 0.2) is 0 Å². The Hall–Kier alpha value is -1.02. The van der Waals surface area contributed by atoms with E-state index in [2.05, 4.69) is 26.0 Å². The van der Waals surface area contributed by atoms with Crippen molar-refractivity contribution in [2.24, 2.45) is 34.5 Å². The third-order valence-electron chi connectivity index (χ3n) is 9.01. The molecule has 7 atom stereocenters. The average Bonchev–Trinajstić information content (AvgIpc) is 3.22. The van der Waals surface area contributed by atoms with Gasteiger partial charge in [-0.05, 0) is 104 Å². The van der Waals surface area contributed by atoms with E-state index in [1.807, 2.05) is 12.3 Å². The van der Waals surface area contributed by atoms with Crippen molar-refractivity contribution in [3.8, 4) is 0 Å². The molecule has 3 fully saturated rings. The minimum absolute atomic E-state index is 0.0396. The molecular weight excluding hydrogens is 308 g/mol. The number of fused-ring (bicyclic) bond motifs is 5. The maximum absolute atomic E-state index is 10.2. The highest BCUT2D eigenvalue weighted by Gasteiger charge is 2.58. The Bertz CT molecular complexity index is 674. The zero-order valence-corrected chi connectivity index (χ0v) is 15.7. The van der Waals surface area contributed by atoms with Crippen LogP contribution in [0.1, 0.15) is 71.0 Å². The smallest absolute Gasteiger partial charge is 0.130 e. The van der Waals surface area contributed by atoms with Crippen LogP contribution in [-0.2, 0) is 0 Å². The molecule has 0 radical (unpaired) electrons. The molecule has 1 aromatic rings. The SMILES string of the molecule is C[C@]12CC[C@@H](O)C[C@@H]1CC[C@@H]1[C@@H]2CC[C@]2(C)C(c3ccco3)=CC[C@@H]12. The highest BCUT2D eigenvalue weighted by Crippen LogP contribution is 2.67. The standard InChI is InChI=1S/C23H32O2/c1-22-11-9-16(24)14-15(22)5-6-17-18-7-8-20(21-4-3-13-25-21)23(18,2)12-10-19(17)22/h3-4,8,13,15-19,24H,5-7,9-12,14H2,1-2H3/t15-,16+,17-,18-,19-,22-,23-/m0/s1. The number of aliphatic hydroxyl groups is 1. The van der Waals surface area contributed by atoms with Crippen LogP contribution in [0.15, 0.2) is 28.9 Å². The Morgan fingerprint density at radius 2 is 1.96 bits per heavy atom. The maximum Gasteiger partial charge on any atom is 0.130 e. The quantitative estimate of drug-likeness (QED) is 0.714. The van der Waals surface area contributed by atoms with Crippen molar-refractivity contribution in [1.29, 1.82) is 0 Å². The lowest BCUT2D eigenvalue weighted by Crippen LogP contribution is -2.53. The molecule has 0 aromatic carbocycles. The van der Waals surface area contributed by atoms with Crippen LogP contribution in [0, 0.1) is 34.5 Å². The van der Waals surface area contributed by atoms with Gasteiger partial charge >= 0.3 is 0 Å². The van der Waals surface area contributed by atoms with Crippen molar-refractivity contribution >= 4 is 5.57 Å². The second-order valence-corrected chi connectivity index (χ2v) is 9.87. The summed E-state index contributed by atoms with van der Waals surface area (Å²) in [7, 11) is 0. The van der Waals surface area contributed by atoms with Gasteiger partial charge in [0.05, 0.1) is 12.4 Å². The largest absolute Gasteiger partial charge is 0.465 e. The average molecular weight is 341 g/mol. The summed E-state index contributed by atoms with van der Waals surface area (Å²) in [6, 6.07) is 4.17. The molecule has 25 heavy (non-hydrogen) atoms. The molecule has 4 aliphatic rings. The molecule has 1 heterocycles. The zero-order valence-electron chi connectivity index (χ0n) is 15.7. The summed E-state index contributed by atoms with van der Waals surface area (Å²) < 4.78 is 5.79. The van der Waals surface area contributed by atoms with Crippen molar-refractivity contribution in [2.45, 2.75) is 71.3 Å². The summed E-state index contributed by atoms with van der Waals surface area (Å²) in [5, 5.41) is 10.2. The maximum atomic E-state index is 10.2. The van der Waals surface area contributed by atoms with Crippen LogP contribution in [-0.4, -0.2) is 11.2 Å². The predicted octanol–water partition coefficient (Wildman–Crippen LogP) is 5.68. The van der Waals surface area contributed by atoms with Crippen LogP contribution < -0.4 is 0 Å². The van der Waals surface area contributed by atoms with Crippen LogP contribution in [0.5, 0.6) is 0 Å². The van der Waals surface area contributed by atoms with Crippen molar-refractivity contribution in [1.82, 2.24) is 0 Å². The summed E-state index contributed by atoms with van der Waals surface area (Å²) in [5.74, 6) is 4.36. The van der Waals surface area contributed by atoms with Crippen LogP contribution in [0.4, 0.5) is 0 Å². The first-order valence-electron chi connectivity index (χ1n) is 10.4. The lowest BCUT2D eigenvalue weighted by atomic mass is 9.44. The van der Waals surface area contributed by atoms with Crippen molar-refractivity contribution in [3.63, 3.8) is 0 Å². The van der Waals surface area contributed by atoms with E-state index < -0.39 is 0 Å². The Morgan fingerprint density at radius 3 is 2.76 bits per heavy atom. The van der Waals surface area contributed by atoms with E-state index in [4.69, 9.17) is 4.42 Å². The molecule has 0 unspecified atom stereocenters. The highest BCUT2D eigenvalue weighted by atomic mass is 16.3.